The summed E-state index contributed by atoms with van der Waals surface area (Å²) < 4.78 is 10.6. The summed E-state index contributed by atoms with van der Waals surface area (Å²) in [6.45, 7) is 8.81. The molecule has 0 saturated carbocycles. The van der Waals surface area contributed by atoms with E-state index in [0.717, 1.165) is 39.1 Å². The quantitative estimate of drug-likeness (QED) is 0.632. The fourth-order valence-corrected chi connectivity index (χ4v) is 1.92. The zero-order valence-corrected chi connectivity index (χ0v) is 13.2. The summed E-state index contributed by atoms with van der Waals surface area (Å²) in [6.07, 6.45) is 2.04. The fraction of sp³-hybridized carbons (Fsp3) is 0.647. The molecule has 3 nitrogen and oxygen atoms in total. The first-order valence-electron chi connectivity index (χ1n) is 7.57. The molecule has 1 rings (SSSR count). The van der Waals surface area contributed by atoms with Crippen LogP contribution in [0.4, 0.5) is 0 Å². The third kappa shape index (κ3) is 8.31. The van der Waals surface area contributed by atoms with Crippen molar-refractivity contribution < 1.29 is 9.47 Å². The van der Waals surface area contributed by atoms with Gasteiger partial charge in [-0.25, -0.2) is 0 Å². The SMILES string of the molecule is COCCCOCc1ccc(CCNCC(C)C)cc1. The van der Waals surface area contributed by atoms with Gasteiger partial charge in [-0.3, -0.25) is 0 Å². The summed E-state index contributed by atoms with van der Waals surface area (Å²) >= 11 is 0. The van der Waals surface area contributed by atoms with Crippen molar-refractivity contribution in [2.24, 2.45) is 5.92 Å². The summed E-state index contributed by atoms with van der Waals surface area (Å²) in [7, 11) is 1.72. The molecule has 0 fully saturated rings. The second-order valence-corrected chi connectivity index (χ2v) is 5.56. The molecule has 1 aromatic carbocycles. The molecule has 0 heterocycles. The highest BCUT2D eigenvalue weighted by molar-refractivity contribution is 5.22. The van der Waals surface area contributed by atoms with Crippen LogP contribution in [0, 0.1) is 5.92 Å². The molecule has 0 unspecified atom stereocenters. The van der Waals surface area contributed by atoms with Crippen LogP contribution in [0.2, 0.25) is 0 Å². The van der Waals surface area contributed by atoms with Crippen molar-refractivity contribution in [1.82, 2.24) is 5.32 Å². The zero-order chi connectivity index (χ0) is 14.6. The van der Waals surface area contributed by atoms with Crippen LogP contribution in [-0.2, 0) is 22.5 Å². The molecule has 3 heteroatoms. The number of methoxy groups -OCH3 is 1. The van der Waals surface area contributed by atoms with E-state index >= 15 is 0 Å². The average molecular weight is 279 g/mol. The lowest BCUT2D eigenvalue weighted by Crippen LogP contribution is -2.22. The van der Waals surface area contributed by atoms with Crippen LogP contribution >= 0.6 is 0 Å². The van der Waals surface area contributed by atoms with Crippen LogP contribution < -0.4 is 5.32 Å². The van der Waals surface area contributed by atoms with E-state index in [1.54, 1.807) is 7.11 Å². The van der Waals surface area contributed by atoms with Crippen LogP contribution in [0.1, 0.15) is 31.4 Å². The van der Waals surface area contributed by atoms with E-state index in [1.807, 2.05) is 0 Å². The van der Waals surface area contributed by atoms with E-state index in [2.05, 4.69) is 43.4 Å². The van der Waals surface area contributed by atoms with Gasteiger partial charge in [-0.15, -0.1) is 0 Å². The Morgan fingerprint density at radius 3 is 2.40 bits per heavy atom. The Kier molecular flexibility index (Phi) is 9.29. The van der Waals surface area contributed by atoms with Crippen molar-refractivity contribution in [3.63, 3.8) is 0 Å². The van der Waals surface area contributed by atoms with Gasteiger partial charge in [0.25, 0.3) is 0 Å². The first-order chi connectivity index (χ1) is 9.72. The summed E-state index contributed by atoms with van der Waals surface area (Å²) in [5.74, 6) is 0.715. The molecule has 0 spiro atoms. The number of nitrogens with one attached hydrogen (secondary N) is 1. The van der Waals surface area contributed by atoms with Gasteiger partial charge >= 0.3 is 0 Å². The monoisotopic (exact) mass is 279 g/mol. The number of benzene rings is 1. The highest BCUT2D eigenvalue weighted by Gasteiger charge is 1.97. The second-order valence-electron chi connectivity index (χ2n) is 5.56. The third-order valence-electron chi connectivity index (χ3n) is 3.07. The van der Waals surface area contributed by atoms with Crippen LogP contribution in [0.5, 0.6) is 0 Å². The van der Waals surface area contributed by atoms with Crippen LogP contribution in [0.3, 0.4) is 0 Å². The molecule has 0 bridgehead atoms. The minimum absolute atomic E-state index is 0.690. The van der Waals surface area contributed by atoms with Gasteiger partial charge in [-0.05, 0) is 43.0 Å². The normalized spacial score (nSPS) is 11.2. The van der Waals surface area contributed by atoms with Crippen molar-refractivity contribution in [3.8, 4) is 0 Å². The highest BCUT2D eigenvalue weighted by atomic mass is 16.5. The van der Waals surface area contributed by atoms with Crippen molar-refractivity contribution in [3.05, 3.63) is 35.4 Å². The predicted octanol–water partition coefficient (Wildman–Crippen LogP) is 3.03. The van der Waals surface area contributed by atoms with Gasteiger partial charge in [0, 0.05) is 20.3 Å². The van der Waals surface area contributed by atoms with Gasteiger partial charge in [0.15, 0.2) is 0 Å². The molecular weight excluding hydrogens is 250 g/mol. The summed E-state index contributed by atoms with van der Waals surface area (Å²) in [5, 5.41) is 3.47. The number of rotatable bonds is 11. The maximum absolute atomic E-state index is 5.59. The summed E-state index contributed by atoms with van der Waals surface area (Å²) in [5.41, 5.74) is 2.62. The van der Waals surface area contributed by atoms with Crippen molar-refractivity contribution in [2.45, 2.75) is 33.3 Å². The minimum Gasteiger partial charge on any atom is -0.385 e. The maximum Gasteiger partial charge on any atom is 0.0716 e. The van der Waals surface area contributed by atoms with Gasteiger partial charge in [0.05, 0.1) is 6.61 Å². The molecule has 0 radical (unpaired) electrons. The summed E-state index contributed by atoms with van der Waals surface area (Å²) in [4.78, 5) is 0. The highest BCUT2D eigenvalue weighted by Crippen LogP contribution is 2.06. The molecule has 0 saturated heterocycles. The van der Waals surface area contributed by atoms with E-state index in [1.165, 1.54) is 11.1 Å². The minimum atomic E-state index is 0.690. The number of ether oxygens (including phenoxy) is 2. The first-order valence-corrected chi connectivity index (χ1v) is 7.57. The van der Waals surface area contributed by atoms with Crippen LogP contribution in [0.25, 0.3) is 0 Å². The Morgan fingerprint density at radius 2 is 1.75 bits per heavy atom. The van der Waals surface area contributed by atoms with E-state index in [4.69, 9.17) is 9.47 Å². The lowest BCUT2D eigenvalue weighted by molar-refractivity contribution is 0.0928. The molecule has 0 aliphatic heterocycles. The standard InChI is InChI=1S/C17H29NO2/c1-15(2)13-18-10-9-16-5-7-17(8-6-16)14-20-12-4-11-19-3/h5-8,15,18H,4,9-14H2,1-3H3. The van der Waals surface area contributed by atoms with E-state index in [0.29, 0.717) is 12.5 Å². The van der Waals surface area contributed by atoms with E-state index < -0.39 is 0 Å². The topological polar surface area (TPSA) is 30.5 Å². The number of hydrogen-bond acceptors (Lipinski definition) is 3. The van der Waals surface area contributed by atoms with E-state index in [9.17, 15) is 0 Å². The summed E-state index contributed by atoms with van der Waals surface area (Å²) in [6, 6.07) is 8.72. The van der Waals surface area contributed by atoms with Crippen LogP contribution in [-0.4, -0.2) is 33.4 Å². The molecule has 0 aliphatic carbocycles. The van der Waals surface area contributed by atoms with Gasteiger partial charge < -0.3 is 14.8 Å². The zero-order valence-electron chi connectivity index (χ0n) is 13.2. The smallest absolute Gasteiger partial charge is 0.0716 e. The van der Waals surface area contributed by atoms with Gasteiger partial charge in [0.2, 0.25) is 0 Å². The molecule has 20 heavy (non-hydrogen) atoms. The Bertz CT molecular complexity index is 335. The molecule has 0 aromatic heterocycles. The lowest BCUT2D eigenvalue weighted by Gasteiger charge is -2.08. The second kappa shape index (κ2) is 10.8. The van der Waals surface area contributed by atoms with Crippen molar-refractivity contribution >= 4 is 0 Å². The van der Waals surface area contributed by atoms with Gasteiger partial charge in [-0.2, -0.15) is 0 Å². The predicted molar refractivity (Wildman–Crippen MR) is 84.0 cm³/mol. The average Bonchev–Trinajstić information content (AvgIpc) is 2.44. The molecule has 1 aromatic rings. The largest absolute Gasteiger partial charge is 0.385 e. The van der Waals surface area contributed by atoms with Crippen molar-refractivity contribution in [1.29, 1.82) is 0 Å². The molecule has 1 N–H and O–H groups in total. The van der Waals surface area contributed by atoms with Gasteiger partial charge in [0.1, 0.15) is 0 Å². The first kappa shape index (κ1) is 17.2. The Balaban J connectivity index is 2.16. The Labute approximate surface area is 123 Å². The molecule has 114 valence electrons. The van der Waals surface area contributed by atoms with E-state index in [-0.39, 0.29) is 0 Å². The van der Waals surface area contributed by atoms with Gasteiger partial charge in [-0.1, -0.05) is 38.1 Å². The van der Waals surface area contributed by atoms with Crippen LogP contribution in [0.15, 0.2) is 24.3 Å². The third-order valence-corrected chi connectivity index (χ3v) is 3.07. The lowest BCUT2D eigenvalue weighted by atomic mass is 10.1. The molecule has 0 amide bonds. The Hall–Kier alpha value is -0.900. The number of hydrogen-bond donors (Lipinski definition) is 1. The fourth-order valence-electron chi connectivity index (χ4n) is 1.92. The Morgan fingerprint density at radius 1 is 1.05 bits per heavy atom. The molecule has 0 aliphatic rings. The maximum atomic E-state index is 5.59. The molecular formula is C17H29NO2. The van der Waals surface area contributed by atoms with Crippen molar-refractivity contribution in [2.75, 3.05) is 33.4 Å². The molecule has 0 atom stereocenters.